The molecule has 0 unspecified atom stereocenters. The number of carbonyl (C=O) groups excluding carboxylic acids is 1. The number of aromatic nitrogens is 4. The van der Waals surface area contributed by atoms with Crippen LogP contribution in [0.5, 0.6) is 0 Å². The molecule has 1 amide bonds. The van der Waals surface area contributed by atoms with Crippen molar-refractivity contribution >= 4 is 17.5 Å². The van der Waals surface area contributed by atoms with Crippen LogP contribution in [0.2, 0.25) is 0 Å². The maximum absolute atomic E-state index is 15.0. The summed E-state index contributed by atoms with van der Waals surface area (Å²) in [6.45, 7) is 1.59. The number of rotatable bonds is 10. The molecule has 12 heteroatoms. The summed E-state index contributed by atoms with van der Waals surface area (Å²) in [7, 11) is 0. The normalized spacial score (nSPS) is 19.3. The SMILES string of the molecule is O=C1O[C@@H](Cn2ccnn2)CN1c1ccc(-c2ccc(C3=NO[C@H](COCCCO)C3)nc2)c(F)c1. The number of anilines is 1. The Labute approximate surface area is 206 Å². The number of hydrogen-bond acceptors (Lipinski definition) is 9. The number of pyridine rings is 1. The third-order valence-electron chi connectivity index (χ3n) is 5.85. The second kappa shape index (κ2) is 10.8. The van der Waals surface area contributed by atoms with Gasteiger partial charge in [-0.05, 0) is 30.7 Å². The van der Waals surface area contributed by atoms with E-state index in [1.165, 1.54) is 11.0 Å². The number of benzene rings is 1. The number of cyclic esters (lactones) is 1. The van der Waals surface area contributed by atoms with Crippen molar-refractivity contribution in [2.45, 2.75) is 31.6 Å². The van der Waals surface area contributed by atoms with E-state index in [0.717, 1.165) is 0 Å². The number of ether oxygens (including phenoxy) is 2. The standard InChI is InChI=1S/C24H25FN6O5/c25-21-10-17(31-14-19(35-24(31)33)13-30-7-6-27-29-30)3-4-20(21)16-2-5-22(26-12-16)23-11-18(36-28-23)15-34-9-1-8-32/h2-7,10,12,18-19,32H,1,8-9,11,13-15H2/t18-,19-/m0/s1. The maximum atomic E-state index is 15.0. The van der Waals surface area contributed by atoms with Crippen molar-refractivity contribution in [2.24, 2.45) is 5.16 Å². The van der Waals surface area contributed by atoms with Gasteiger partial charge in [-0.3, -0.25) is 9.88 Å². The Morgan fingerprint density at radius 2 is 2.14 bits per heavy atom. The number of oxime groups is 1. The number of aliphatic hydroxyl groups is 1. The first kappa shape index (κ1) is 23.8. The van der Waals surface area contributed by atoms with Gasteiger partial charge in [-0.1, -0.05) is 16.4 Å². The number of hydrogen-bond donors (Lipinski definition) is 1. The second-order valence-electron chi connectivity index (χ2n) is 8.46. The van der Waals surface area contributed by atoms with Crippen molar-refractivity contribution in [1.82, 2.24) is 20.0 Å². The van der Waals surface area contributed by atoms with Crippen molar-refractivity contribution in [1.29, 1.82) is 0 Å². The molecule has 1 N–H and O–H groups in total. The van der Waals surface area contributed by atoms with E-state index >= 15 is 4.39 Å². The third kappa shape index (κ3) is 5.34. The number of amides is 1. The van der Waals surface area contributed by atoms with Gasteiger partial charge in [0.15, 0.2) is 6.10 Å². The second-order valence-corrected chi connectivity index (χ2v) is 8.46. The van der Waals surface area contributed by atoms with Crippen LogP contribution in [0.3, 0.4) is 0 Å². The van der Waals surface area contributed by atoms with Gasteiger partial charge in [-0.2, -0.15) is 0 Å². The van der Waals surface area contributed by atoms with Crippen LogP contribution >= 0.6 is 0 Å². The van der Waals surface area contributed by atoms with Crippen molar-refractivity contribution in [3.63, 3.8) is 0 Å². The van der Waals surface area contributed by atoms with Crippen LogP contribution in [0.15, 0.2) is 54.1 Å². The fraction of sp³-hybridized carbons (Fsp3) is 0.375. The van der Waals surface area contributed by atoms with Gasteiger partial charge in [0.1, 0.15) is 17.6 Å². The lowest BCUT2D eigenvalue weighted by molar-refractivity contribution is -0.000197. The average molecular weight is 496 g/mol. The number of halogens is 1. The number of nitrogens with zero attached hydrogens (tertiary/aromatic N) is 6. The molecule has 0 bridgehead atoms. The van der Waals surface area contributed by atoms with Crippen LogP contribution < -0.4 is 4.90 Å². The molecule has 5 rings (SSSR count). The molecule has 1 aromatic carbocycles. The monoisotopic (exact) mass is 496 g/mol. The topological polar surface area (TPSA) is 124 Å². The van der Waals surface area contributed by atoms with Crippen LogP contribution in [0, 0.1) is 5.82 Å². The highest BCUT2D eigenvalue weighted by atomic mass is 19.1. The van der Waals surface area contributed by atoms with Gasteiger partial charge in [0, 0.05) is 43.2 Å². The fourth-order valence-corrected chi connectivity index (χ4v) is 4.05. The Hall–Kier alpha value is -3.90. The summed E-state index contributed by atoms with van der Waals surface area (Å²) in [5.41, 5.74) is 2.72. The van der Waals surface area contributed by atoms with E-state index < -0.39 is 18.0 Å². The molecule has 0 radical (unpaired) electrons. The van der Waals surface area contributed by atoms with Crippen molar-refractivity contribution in [3.8, 4) is 11.1 Å². The largest absolute Gasteiger partial charge is 0.442 e. The van der Waals surface area contributed by atoms with E-state index in [9.17, 15) is 4.79 Å². The summed E-state index contributed by atoms with van der Waals surface area (Å²) < 4.78 is 27.5. The van der Waals surface area contributed by atoms with E-state index in [1.807, 2.05) is 0 Å². The lowest BCUT2D eigenvalue weighted by Crippen LogP contribution is -2.26. The molecule has 36 heavy (non-hydrogen) atoms. The Bertz CT molecular complexity index is 1220. The number of carbonyl (C=O) groups is 1. The molecule has 1 fully saturated rings. The average Bonchev–Trinajstić information content (AvgIpc) is 3.64. The molecule has 3 aromatic rings. The molecule has 1 saturated heterocycles. The predicted octanol–water partition coefficient (Wildman–Crippen LogP) is 2.40. The first-order valence-electron chi connectivity index (χ1n) is 11.6. The maximum Gasteiger partial charge on any atom is 0.414 e. The molecule has 2 atom stereocenters. The smallest absolute Gasteiger partial charge is 0.414 e. The highest BCUT2D eigenvalue weighted by Gasteiger charge is 2.33. The van der Waals surface area contributed by atoms with Crippen LogP contribution in [0.1, 0.15) is 18.5 Å². The van der Waals surface area contributed by atoms with Crippen LogP contribution in [-0.4, -0.2) is 75.5 Å². The molecule has 4 heterocycles. The summed E-state index contributed by atoms with van der Waals surface area (Å²) in [4.78, 5) is 23.6. The van der Waals surface area contributed by atoms with Gasteiger partial charge in [-0.15, -0.1) is 5.10 Å². The molecule has 2 aliphatic heterocycles. The zero-order valence-electron chi connectivity index (χ0n) is 19.4. The summed E-state index contributed by atoms with van der Waals surface area (Å²) in [5.74, 6) is -0.476. The summed E-state index contributed by atoms with van der Waals surface area (Å²) >= 11 is 0. The van der Waals surface area contributed by atoms with Crippen molar-refractivity contribution in [3.05, 3.63) is 60.4 Å². The van der Waals surface area contributed by atoms with Crippen LogP contribution in [-0.2, 0) is 20.9 Å². The van der Waals surface area contributed by atoms with E-state index in [-0.39, 0.29) is 19.3 Å². The molecule has 2 aliphatic rings. The highest BCUT2D eigenvalue weighted by Crippen LogP contribution is 2.29. The number of aliphatic hydroxyl groups excluding tert-OH is 1. The van der Waals surface area contributed by atoms with Gasteiger partial charge in [0.05, 0.1) is 37.3 Å². The fourth-order valence-electron chi connectivity index (χ4n) is 4.05. The quantitative estimate of drug-likeness (QED) is 0.425. The first-order valence-corrected chi connectivity index (χ1v) is 11.6. The molecule has 2 aromatic heterocycles. The Balaban J connectivity index is 1.21. The van der Waals surface area contributed by atoms with Crippen molar-refractivity contribution < 1.29 is 28.6 Å². The zero-order chi connectivity index (χ0) is 24.9. The molecular formula is C24H25FN6O5. The molecule has 11 nitrogen and oxygen atoms in total. The highest BCUT2D eigenvalue weighted by molar-refractivity contribution is 5.99. The molecule has 0 aliphatic carbocycles. The summed E-state index contributed by atoms with van der Waals surface area (Å²) in [6, 6.07) is 8.16. The molecule has 0 spiro atoms. The lowest BCUT2D eigenvalue weighted by Gasteiger charge is -2.14. The van der Waals surface area contributed by atoms with Gasteiger partial charge in [-0.25, -0.2) is 13.9 Å². The first-order chi connectivity index (χ1) is 17.6. The summed E-state index contributed by atoms with van der Waals surface area (Å²) in [6.07, 6.45) is 4.81. The van der Waals surface area contributed by atoms with E-state index in [4.69, 9.17) is 19.4 Å². The predicted molar refractivity (Wildman–Crippen MR) is 126 cm³/mol. The molecule has 0 saturated carbocycles. The van der Waals surface area contributed by atoms with E-state index in [2.05, 4.69) is 20.5 Å². The van der Waals surface area contributed by atoms with Gasteiger partial charge >= 0.3 is 6.09 Å². The molecular weight excluding hydrogens is 471 g/mol. The van der Waals surface area contributed by atoms with Crippen molar-refractivity contribution in [2.75, 3.05) is 31.3 Å². The minimum atomic E-state index is -0.532. The van der Waals surface area contributed by atoms with Crippen LogP contribution in [0.25, 0.3) is 11.1 Å². The third-order valence-corrected chi connectivity index (χ3v) is 5.85. The molecule has 188 valence electrons. The summed E-state index contributed by atoms with van der Waals surface area (Å²) in [5, 5.41) is 20.5. The van der Waals surface area contributed by atoms with Gasteiger partial charge < -0.3 is 19.4 Å². The zero-order valence-corrected chi connectivity index (χ0v) is 19.4. The minimum absolute atomic E-state index is 0.0863. The lowest BCUT2D eigenvalue weighted by atomic mass is 10.0. The van der Waals surface area contributed by atoms with Crippen LogP contribution in [0.4, 0.5) is 14.9 Å². The Morgan fingerprint density at radius 1 is 1.22 bits per heavy atom. The van der Waals surface area contributed by atoms with E-state index in [1.54, 1.807) is 47.5 Å². The Morgan fingerprint density at radius 3 is 2.89 bits per heavy atom. The Kier molecular flexibility index (Phi) is 7.14. The van der Waals surface area contributed by atoms with Gasteiger partial charge in [0.2, 0.25) is 0 Å². The van der Waals surface area contributed by atoms with Gasteiger partial charge in [0.25, 0.3) is 0 Å². The van der Waals surface area contributed by atoms with E-state index in [0.29, 0.717) is 60.8 Å². The minimum Gasteiger partial charge on any atom is -0.442 e.